The Morgan fingerprint density at radius 1 is 1.40 bits per heavy atom. The molecule has 2 aromatic heterocycles. The molecule has 0 bridgehead atoms. The molecule has 0 radical (unpaired) electrons. The van der Waals surface area contributed by atoms with Crippen molar-refractivity contribution in [3.8, 4) is 10.4 Å². The van der Waals surface area contributed by atoms with Crippen molar-refractivity contribution in [1.29, 1.82) is 0 Å². The molecule has 1 unspecified atom stereocenters. The van der Waals surface area contributed by atoms with Crippen LogP contribution in [0.4, 0.5) is 4.39 Å². The summed E-state index contributed by atoms with van der Waals surface area (Å²) in [7, 11) is 0. The van der Waals surface area contributed by atoms with E-state index in [0.717, 1.165) is 10.4 Å². The molecule has 0 fully saturated rings. The third-order valence-electron chi connectivity index (χ3n) is 2.05. The molecule has 76 valence electrons. The van der Waals surface area contributed by atoms with Crippen molar-refractivity contribution >= 4 is 11.3 Å². The van der Waals surface area contributed by atoms with E-state index in [2.05, 4.69) is 11.6 Å². The Hall–Kier alpha value is -1.48. The topological polar surface area (TPSA) is 12.9 Å². The van der Waals surface area contributed by atoms with Gasteiger partial charge in [0, 0.05) is 27.7 Å². The van der Waals surface area contributed by atoms with Crippen molar-refractivity contribution < 1.29 is 4.39 Å². The van der Waals surface area contributed by atoms with Crippen LogP contribution in [0.5, 0.6) is 0 Å². The summed E-state index contributed by atoms with van der Waals surface area (Å²) in [4.78, 5) is 5.74. The number of hydrogen-bond acceptors (Lipinski definition) is 2. The maximum absolute atomic E-state index is 13.3. The van der Waals surface area contributed by atoms with E-state index in [1.807, 2.05) is 18.2 Å². The number of alkyl halides is 1. The van der Waals surface area contributed by atoms with E-state index in [9.17, 15) is 4.39 Å². The molecule has 2 rings (SSSR count). The Balaban J connectivity index is 2.32. The van der Waals surface area contributed by atoms with Crippen LogP contribution in [0.1, 0.15) is 11.0 Å². The molecule has 1 atom stereocenters. The number of hydrogen-bond donors (Lipinski definition) is 0. The van der Waals surface area contributed by atoms with Gasteiger partial charge in [-0.15, -0.1) is 11.3 Å². The summed E-state index contributed by atoms with van der Waals surface area (Å²) in [6, 6.07) is 7.53. The summed E-state index contributed by atoms with van der Waals surface area (Å²) in [6.07, 6.45) is 3.73. The first-order valence-electron chi connectivity index (χ1n) is 4.58. The average Bonchev–Trinajstić information content (AvgIpc) is 2.78. The highest BCUT2D eigenvalue weighted by Gasteiger charge is 2.09. The van der Waals surface area contributed by atoms with Crippen LogP contribution >= 0.6 is 11.3 Å². The predicted octanol–water partition coefficient (Wildman–Crippen LogP) is 4.01. The van der Waals surface area contributed by atoms with Gasteiger partial charge in [-0.25, -0.2) is 4.39 Å². The average molecular weight is 219 g/mol. The third-order valence-corrected chi connectivity index (χ3v) is 3.24. The quantitative estimate of drug-likeness (QED) is 0.711. The van der Waals surface area contributed by atoms with E-state index < -0.39 is 6.17 Å². The fourth-order valence-electron chi connectivity index (χ4n) is 1.28. The zero-order chi connectivity index (χ0) is 10.7. The zero-order valence-corrected chi connectivity index (χ0v) is 8.88. The van der Waals surface area contributed by atoms with Crippen LogP contribution in [0.3, 0.4) is 0 Å². The molecule has 0 aliphatic rings. The molecule has 0 amide bonds. The monoisotopic (exact) mass is 219 g/mol. The largest absolute Gasteiger partial charge is 0.264 e. The maximum atomic E-state index is 13.3. The molecule has 0 spiro atoms. The minimum Gasteiger partial charge on any atom is -0.264 e. The third kappa shape index (κ3) is 2.13. The van der Waals surface area contributed by atoms with Crippen molar-refractivity contribution in [3.05, 3.63) is 54.2 Å². The van der Waals surface area contributed by atoms with Crippen LogP contribution < -0.4 is 0 Å². The Morgan fingerprint density at radius 3 is 2.93 bits per heavy atom. The summed E-state index contributed by atoms with van der Waals surface area (Å²) < 4.78 is 13.3. The smallest absolute Gasteiger partial charge is 0.152 e. The van der Waals surface area contributed by atoms with E-state index in [0.29, 0.717) is 4.88 Å². The second kappa shape index (κ2) is 4.36. The zero-order valence-electron chi connectivity index (χ0n) is 8.06. The summed E-state index contributed by atoms with van der Waals surface area (Å²) in [6.45, 7) is 3.44. The van der Waals surface area contributed by atoms with Crippen LogP contribution in [0.2, 0.25) is 0 Å². The Morgan fingerprint density at radius 2 is 2.27 bits per heavy atom. The van der Waals surface area contributed by atoms with Gasteiger partial charge in [-0.2, -0.15) is 0 Å². The highest BCUT2D eigenvalue weighted by Crippen LogP contribution is 2.32. The van der Waals surface area contributed by atoms with Crippen molar-refractivity contribution in [3.63, 3.8) is 0 Å². The lowest BCUT2D eigenvalue weighted by atomic mass is 10.2. The van der Waals surface area contributed by atoms with E-state index >= 15 is 0 Å². The Kier molecular flexibility index (Phi) is 2.92. The van der Waals surface area contributed by atoms with Gasteiger partial charge in [0.1, 0.15) is 0 Å². The fraction of sp³-hybridized carbons (Fsp3) is 0.0833. The van der Waals surface area contributed by atoms with Crippen LogP contribution in [0.25, 0.3) is 10.4 Å². The molecular weight excluding hydrogens is 209 g/mol. The summed E-state index contributed by atoms with van der Waals surface area (Å²) in [5.74, 6) is 0. The first kappa shape index (κ1) is 10.1. The first-order valence-corrected chi connectivity index (χ1v) is 5.39. The van der Waals surface area contributed by atoms with Crippen LogP contribution in [-0.4, -0.2) is 4.98 Å². The fourth-order valence-corrected chi connectivity index (χ4v) is 2.25. The molecule has 3 heteroatoms. The second-order valence-corrected chi connectivity index (χ2v) is 4.20. The van der Waals surface area contributed by atoms with Gasteiger partial charge in [0.15, 0.2) is 6.17 Å². The normalized spacial score (nSPS) is 12.3. The molecule has 0 saturated heterocycles. The number of pyridine rings is 1. The van der Waals surface area contributed by atoms with Crippen molar-refractivity contribution in [2.75, 3.05) is 0 Å². The van der Waals surface area contributed by atoms with E-state index in [-0.39, 0.29) is 0 Å². The molecule has 0 aliphatic heterocycles. The molecule has 2 heterocycles. The van der Waals surface area contributed by atoms with E-state index in [4.69, 9.17) is 0 Å². The van der Waals surface area contributed by atoms with Gasteiger partial charge in [0.25, 0.3) is 0 Å². The molecule has 0 saturated carbocycles. The maximum Gasteiger partial charge on any atom is 0.152 e. The van der Waals surface area contributed by atoms with Gasteiger partial charge in [-0.1, -0.05) is 18.7 Å². The molecule has 0 N–H and O–H groups in total. The minimum atomic E-state index is -1.07. The number of rotatable bonds is 3. The van der Waals surface area contributed by atoms with Crippen molar-refractivity contribution in [2.24, 2.45) is 0 Å². The molecule has 15 heavy (non-hydrogen) atoms. The second-order valence-electron chi connectivity index (χ2n) is 3.08. The summed E-state index contributed by atoms with van der Waals surface area (Å²) in [5.41, 5.74) is 1.02. The number of thiophene rings is 1. The summed E-state index contributed by atoms with van der Waals surface area (Å²) in [5, 5.41) is 0. The lowest BCUT2D eigenvalue weighted by Gasteiger charge is -1.97. The van der Waals surface area contributed by atoms with Crippen LogP contribution in [0.15, 0.2) is 49.3 Å². The van der Waals surface area contributed by atoms with Gasteiger partial charge < -0.3 is 0 Å². The SMILES string of the molecule is C=CC(F)c1ccc(-c2cccnc2)s1. The predicted molar refractivity (Wildman–Crippen MR) is 61.6 cm³/mol. The number of halogens is 1. The van der Waals surface area contributed by atoms with Crippen molar-refractivity contribution in [2.45, 2.75) is 6.17 Å². The minimum absolute atomic E-state index is 0.684. The van der Waals surface area contributed by atoms with Gasteiger partial charge >= 0.3 is 0 Å². The van der Waals surface area contributed by atoms with Gasteiger partial charge in [0.2, 0.25) is 0 Å². The number of aromatic nitrogens is 1. The lowest BCUT2D eigenvalue weighted by molar-refractivity contribution is 0.421. The molecule has 2 aromatic rings. The Bertz CT molecular complexity index is 450. The highest BCUT2D eigenvalue weighted by molar-refractivity contribution is 7.15. The lowest BCUT2D eigenvalue weighted by Crippen LogP contribution is -1.78. The van der Waals surface area contributed by atoms with Gasteiger partial charge in [0.05, 0.1) is 0 Å². The summed E-state index contributed by atoms with van der Waals surface area (Å²) >= 11 is 1.43. The van der Waals surface area contributed by atoms with Gasteiger partial charge in [-0.3, -0.25) is 4.98 Å². The highest BCUT2D eigenvalue weighted by atomic mass is 32.1. The molecular formula is C12H10FNS. The van der Waals surface area contributed by atoms with Crippen LogP contribution in [-0.2, 0) is 0 Å². The van der Waals surface area contributed by atoms with E-state index in [1.165, 1.54) is 17.4 Å². The Labute approximate surface area is 91.9 Å². The van der Waals surface area contributed by atoms with Crippen LogP contribution in [0, 0.1) is 0 Å². The molecule has 0 aromatic carbocycles. The first-order chi connectivity index (χ1) is 7.31. The number of nitrogens with zero attached hydrogens (tertiary/aromatic N) is 1. The molecule has 0 aliphatic carbocycles. The molecule has 1 nitrogen and oxygen atoms in total. The van der Waals surface area contributed by atoms with Gasteiger partial charge in [-0.05, 0) is 18.2 Å². The van der Waals surface area contributed by atoms with E-state index in [1.54, 1.807) is 18.5 Å². The standard InChI is InChI=1S/C12H10FNS/c1-2-10(13)12-6-5-11(15-12)9-4-3-7-14-8-9/h2-8,10H,1H2. The van der Waals surface area contributed by atoms with Crippen molar-refractivity contribution in [1.82, 2.24) is 4.98 Å². The number of allylic oxidation sites excluding steroid dienone is 1.